The van der Waals surface area contributed by atoms with Gasteiger partial charge < -0.3 is 5.32 Å². The Morgan fingerprint density at radius 2 is 2.33 bits per heavy atom. The summed E-state index contributed by atoms with van der Waals surface area (Å²) in [5.74, 6) is 0. The molecule has 0 bridgehead atoms. The number of hydrogen-bond donors (Lipinski definition) is 1. The average Bonchev–Trinajstić information content (AvgIpc) is 2.73. The van der Waals surface area contributed by atoms with Crippen molar-refractivity contribution < 1.29 is 0 Å². The summed E-state index contributed by atoms with van der Waals surface area (Å²) in [5.41, 5.74) is 2.87. The van der Waals surface area contributed by atoms with E-state index < -0.39 is 0 Å². The second kappa shape index (κ2) is 5.04. The second-order valence-electron chi connectivity index (χ2n) is 4.31. The fourth-order valence-corrected chi connectivity index (χ4v) is 2.93. The topological polar surface area (TPSA) is 12.0 Å². The molecule has 0 aliphatic carbocycles. The minimum atomic E-state index is 0.707. The lowest BCUT2D eigenvalue weighted by Gasteiger charge is -2.13. The van der Waals surface area contributed by atoms with E-state index in [1.165, 1.54) is 41.8 Å². The smallest absolute Gasteiger partial charge is 0.0108 e. The summed E-state index contributed by atoms with van der Waals surface area (Å²) in [5, 5.41) is 3.56. The zero-order chi connectivity index (χ0) is 10.7. The largest absolute Gasteiger partial charge is 0.314 e. The molecule has 2 rings (SSSR count). The molecule has 1 aliphatic heterocycles. The van der Waals surface area contributed by atoms with Crippen molar-refractivity contribution in [2.24, 2.45) is 0 Å². The highest BCUT2D eigenvalue weighted by atomic mass is 32.2. The van der Waals surface area contributed by atoms with Crippen LogP contribution >= 0.6 is 11.8 Å². The molecular weight excluding hydrogens is 202 g/mol. The van der Waals surface area contributed by atoms with Crippen molar-refractivity contribution in [3.63, 3.8) is 0 Å². The van der Waals surface area contributed by atoms with Gasteiger partial charge in [0.1, 0.15) is 0 Å². The third-order valence-corrected chi connectivity index (χ3v) is 3.89. The van der Waals surface area contributed by atoms with E-state index in [0.717, 1.165) is 0 Å². The molecule has 15 heavy (non-hydrogen) atoms. The van der Waals surface area contributed by atoms with Gasteiger partial charge in [0.15, 0.2) is 0 Å². The van der Waals surface area contributed by atoms with Crippen LogP contribution in [0.3, 0.4) is 0 Å². The summed E-state index contributed by atoms with van der Waals surface area (Å²) >= 11 is 1.87. The van der Waals surface area contributed by atoms with Crippen LogP contribution in [0.4, 0.5) is 0 Å². The van der Waals surface area contributed by atoms with Gasteiger partial charge in [0.05, 0.1) is 0 Å². The first-order valence-electron chi connectivity index (χ1n) is 5.66. The molecule has 1 fully saturated rings. The zero-order valence-electron chi connectivity index (χ0n) is 9.55. The summed E-state index contributed by atoms with van der Waals surface area (Å²) in [7, 11) is 0. The fourth-order valence-electron chi connectivity index (χ4n) is 2.22. The molecule has 1 unspecified atom stereocenters. The van der Waals surface area contributed by atoms with E-state index in [4.69, 9.17) is 0 Å². The first kappa shape index (κ1) is 11.0. The third kappa shape index (κ3) is 2.76. The molecule has 0 spiro atoms. The zero-order valence-corrected chi connectivity index (χ0v) is 10.4. The minimum Gasteiger partial charge on any atom is -0.314 e. The molecule has 1 saturated heterocycles. The highest BCUT2D eigenvalue weighted by Crippen LogP contribution is 2.24. The maximum absolute atomic E-state index is 3.56. The Morgan fingerprint density at radius 1 is 1.47 bits per heavy atom. The van der Waals surface area contributed by atoms with Crippen LogP contribution in [0.15, 0.2) is 23.1 Å². The number of rotatable bonds is 3. The Labute approximate surface area is 96.7 Å². The van der Waals surface area contributed by atoms with Gasteiger partial charge in [-0.1, -0.05) is 17.7 Å². The van der Waals surface area contributed by atoms with Crippen molar-refractivity contribution in [1.29, 1.82) is 0 Å². The standard InChI is InChI=1S/C13H19NS/c1-10-5-6-11(13(8-10)15-2)9-12-4-3-7-14-12/h5-6,8,12,14H,3-4,7,9H2,1-2H3. The molecule has 0 aromatic heterocycles. The fraction of sp³-hybridized carbons (Fsp3) is 0.538. The summed E-state index contributed by atoms with van der Waals surface area (Å²) in [6.07, 6.45) is 6.03. The van der Waals surface area contributed by atoms with E-state index >= 15 is 0 Å². The summed E-state index contributed by atoms with van der Waals surface area (Å²) in [6, 6.07) is 7.53. The van der Waals surface area contributed by atoms with Crippen LogP contribution in [0, 0.1) is 6.92 Å². The Morgan fingerprint density at radius 3 is 3.00 bits per heavy atom. The molecule has 1 atom stereocenters. The lowest BCUT2D eigenvalue weighted by Crippen LogP contribution is -2.23. The van der Waals surface area contributed by atoms with Crippen molar-refractivity contribution in [3.8, 4) is 0 Å². The van der Waals surface area contributed by atoms with E-state index in [0.29, 0.717) is 6.04 Å². The van der Waals surface area contributed by atoms with Gasteiger partial charge in [-0.25, -0.2) is 0 Å². The van der Waals surface area contributed by atoms with E-state index in [2.05, 4.69) is 36.7 Å². The molecule has 82 valence electrons. The monoisotopic (exact) mass is 221 g/mol. The average molecular weight is 221 g/mol. The Hall–Kier alpha value is -0.470. The van der Waals surface area contributed by atoms with Crippen LogP contribution < -0.4 is 5.32 Å². The number of thioether (sulfide) groups is 1. The van der Waals surface area contributed by atoms with Crippen LogP contribution in [0.5, 0.6) is 0 Å². The highest BCUT2D eigenvalue weighted by Gasteiger charge is 2.15. The summed E-state index contributed by atoms with van der Waals surface area (Å²) < 4.78 is 0. The van der Waals surface area contributed by atoms with E-state index in [9.17, 15) is 0 Å². The first-order chi connectivity index (χ1) is 7.29. The van der Waals surface area contributed by atoms with Crippen LogP contribution in [-0.2, 0) is 6.42 Å². The molecule has 1 heterocycles. The molecule has 0 radical (unpaired) electrons. The second-order valence-corrected chi connectivity index (χ2v) is 5.16. The van der Waals surface area contributed by atoms with Crippen molar-refractivity contribution >= 4 is 11.8 Å². The molecular formula is C13H19NS. The van der Waals surface area contributed by atoms with Crippen LogP contribution in [0.1, 0.15) is 24.0 Å². The van der Waals surface area contributed by atoms with Gasteiger partial charge in [-0.15, -0.1) is 11.8 Å². The van der Waals surface area contributed by atoms with Gasteiger partial charge in [0.25, 0.3) is 0 Å². The molecule has 1 N–H and O–H groups in total. The Bertz CT molecular complexity index is 329. The molecule has 1 aliphatic rings. The Balaban J connectivity index is 2.12. The maximum atomic E-state index is 3.56. The van der Waals surface area contributed by atoms with Gasteiger partial charge in [-0.2, -0.15) is 0 Å². The number of nitrogens with one attached hydrogen (secondary N) is 1. The summed E-state index contributed by atoms with van der Waals surface area (Å²) in [6.45, 7) is 3.36. The third-order valence-electron chi connectivity index (χ3n) is 3.07. The molecule has 1 nitrogen and oxygen atoms in total. The highest BCUT2D eigenvalue weighted by molar-refractivity contribution is 7.98. The maximum Gasteiger partial charge on any atom is 0.0108 e. The van der Waals surface area contributed by atoms with Gasteiger partial charge in [0.2, 0.25) is 0 Å². The number of hydrogen-bond acceptors (Lipinski definition) is 2. The number of benzene rings is 1. The normalized spacial score (nSPS) is 20.8. The van der Waals surface area contributed by atoms with Gasteiger partial charge in [-0.3, -0.25) is 0 Å². The predicted molar refractivity (Wildman–Crippen MR) is 67.7 cm³/mol. The molecule has 2 heteroatoms. The van der Waals surface area contributed by atoms with Crippen LogP contribution in [0.25, 0.3) is 0 Å². The SMILES string of the molecule is CSc1cc(C)ccc1CC1CCCN1. The predicted octanol–water partition coefficient (Wildman–Crippen LogP) is 3.01. The molecule has 1 aromatic rings. The van der Waals surface area contributed by atoms with Gasteiger partial charge in [0, 0.05) is 10.9 Å². The lowest BCUT2D eigenvalue weighted by atomic mass is 10.0. The van der Waals surface area contributed by atoms with Crippen molar-refractivity contribution in [1.82, 2.24) is 5.32 Å². The minimum absolute atomic E-state index is 0.707. The summed E-state index contributed by atoms with van der Waals surface area (Å²) in [4.78, 5) is 1.45. The quantitative estimate of drug-likeness (QED) is 0.787. The Kier molecular flexibility index (Phi) is 3.71. The van der Waals surface area contributed by atoms with Crippen molar-refractivity contribution in [2.45, 2.75) is 37.1 Å². The van der Waals surface area contributed by atoms with E-state index in [1.807, 2.05) is 11.8 Å². The van der Waals surface area contributed by atoms with E-state index in [-0.39, 0.29) is 0 Å². The molecule has 0 saturated carbocycles. The molecule has 1 aromatic carbocycles. The molecule has 0 amide bonds. The van der Waals surface area contributed by atoms with Crippen LogP contribution in [0.2, 0.25) is 0 Å². The van der Waals surface area contributed by atoms with E-state index in [1.54, 1.807) is 0 Å². The van der Waals surface area contributed by atoms with Gasteiger partial charge in [-0.05, 0) is 50.6 Å². The first-order valence-corrected chi connectivity index (χ1v) is 6.89. The number of aryl methyl sites for hydroxylation is 1. The van der Waals surface area contributed by atoms with Crippen molar-refractivity contribution in [2.75, 3.05) is 12.8 Å². The van der Waals surface area contributed by atoms with Crippen molar-refractivity contribution in [3.05, 3.63) is 29.3 Å². The van der Waals surface area contributed by atoms with Crippen LogP contribution in [-0.4, -0.2) is 18.8 Å². The van der Waals surface area contributed by atoms with Gasteiger partial charge >= 0.3 is 0 Å². The lowest BCUT2D eigenvalue weighted by molar-refractivity contribution is 0.598.